The first-order chi connectivity index (χ1) is 24.0. The van der Waals surface area contributed by atoms with E-state index in [0.29, 0.717) is 36.3 Å². The number of anilines is 1. The molecule has 1 fully saturated rings. The van der Waals surface area contributed by atoms with Gasteiger partial charge in [-0.1, -0.05) is 6.07 Å². The van der Waals surface area contributed by atoms with Crippen LogP contribution in [0.1, 0.15) is 29.2 Å². The number of esters is 1. The van der Waals surface area contributed by atoms with E-state index in [4.69, 9.17) is 4.74 Å². The second kappa shape index (κ2) is 14.1. The molecule has 1 aliphatic heterocycles. The number of urea groups is 1. The minimum absolute atomic E-state index is 0.0876. The van der Waals surface area contributed by atoms with Crippen molar-refractivity contribution in [2.45, 2.75) is 45.5 Å². The molecule has 16 heteroatoms. The molecule has 2 amide bonds. The minimum Gasteiger partial charge on any atom is -0.425 e. The molecule has 0 aliphatic carbocycles. The van der Waals surface area contributed by atoms with Crippen molar-refractivity contribution in [2.24, 2.45) is 0 Å². The fraction of sp³-hybridized carbons (Fsp3) is 0.324. The first-order valence-electron chi connectivity index (χ1n) is 15.9. The van der Waals surface area contributed by atoms with Crippen molar-refractivity contribution in [3.8, 4) is 11.4 Å². The van der Waals surface area contributed by atoms with Gasteiger partial charge in [0.05, 0.1) is 24.8 Å². The number of nitrogens with one attached hydrogen (secondary N) is 1. The Kier molecular flexibility index (Phi) is 9.65. The van der Waals surface area contributed by atoms with Crippen LogP contribution in [0.3, 0.4) is 0 Å². The van der Waals surface area contributed by atoms with Gasteiger partial charge in [0.2, 0.25) is 6.33 Å². The van der Waals surface area contributed by atoms with Gasteiger partial charge in [0, 0.05) is 35.5 Å². The lowest BCUT2D eigenvalue weighted by molar-refractivity contribution is -0.689. The number of ether oxygens (including phenoxy) is 1. The predicted molar refractivity (Wildman–Crippen MR) is 175 cm³/mol. The van der Waals surface area contributed by atoms with Crippen molar-refractivity contribution in [3.63, 3.8) is 0 Å². The summed E-state index contributed by atoms with van der Waals surface area (Å²) in [4.78, 5) is 28.9. The average Bonchev–Trinajstić information content (AvgIpc) is 3.85. The Balaban J connectivity index is 1.23. The normalized spacial score (nSPS) is 15.0. The number of carbonyl (C=O) groups is 2. The van der Waals surface area contributed by atoms with Crippen molar-refractivity contribution in [1.29, 1.82) is 0 Å². The molecular weight excluding hydrogens is 650 g/mol. The molecule has 2 aromatic heterocycles. The molecule has 2 atom stereocenters. The lowest BCUT2D eigenvalue weighted by atomic mass is 9.85. The molecule has 3 heterocycles. The summed E-state index contributed by atoms with van der Waals surface area (Å²) >= 11 is 0. The molecule has 1 saturated heterocycles. The lowest BCUT2D eigenvalue weighted by Gasteiger charge is -2.38. The topological polar surface area (TPSA) is 147 Å². The van der Waals surface area contributed by atoms with Crippen LogP contribution in [0.2, 0.25) is 0 Å². The van der Waals surface area contributed by atoms with E-state index >= 15 is 4.39 Å². The van der Waals surface area contributed by atoms with E-state index in [-0.39, 0.29) is 37.2 Å². The van der Waals surface area contributed by atoms with Gasteiger partial charge in [0.15, 0.2) is 0 Å². The number of hydrogen-bond acceptors (Lipinski definition) is 9. The van der Waals surface area contributed by atoms with Crippen molar-refractivity contribution < 1.29 is 32.8 Å². The molecule has 3 aromatic carbocycles. The van der Waals surface area contributed by atoms with E-state index in [1.165, 1.54) is 26.7 Å². The SMILES string of the molecule is CNCC(=O)Oc1c(C)cc(C[n+]2cnn(C[C@](O)(c3ccc(F)cc3F)[C@@H](C)N3CCN(c4ccc(-n5cnnn5)cc4)C3=O)c2)cc1C. The Bertz CT molecular complexity index is 1980. The number of hydrogen-bond donors (Lipinski definition) is 2. The monoisotopic (exact) mass is 687 g/mol. The molecular formula is C34H37F2N10O4+. The second-order valence-corrected chi connectivity index (χ2v) is 12.3. The van der Waals surface area contributed by atoms with Crippen molar-refractivity contribution in [2.75, 3.05) is 31.6 Å². The third-order valence-electron chi connectivity index (χ3n) is 8.83. The number of halogens is 2. The molecule has 6 rings (SSSR count). The van der Waals surface area contributed by atoms with Gasteiger partial charge in [0.25, 0.3) is 6.33 Å². The van der Waals surface area contributed by atoms with Gasteiger partial charge in [0.1, 0.15) is 35.9 Å². The third-order valence-corrected chi connectivity index (χ3v) is 8.83. The van der Waals surface area contributed by atoms with Crippen LogP contribution in [-0.2, 0) is 23.5 Å². The Morgan fingerprint density at radius 3 is 2.46 bits per heavy atom. The molecule has 260 valence electrons. The lowest BCUT2D eigenvalue weighted by Crippen LogP contribution is -2.53. The van der Waals surface area contributed by atoms with Gasteiger partial charge in [-0.05, 0) is 97.4 Å². The van der Waals surface area contributed by atoms with E-state index in [1.54, 1.807) is 60.4 Å². The summed E-state index contributed by atoms with van der Waals surface area (Å²) in [6.07, 6.45) is 4.69. The molecule has 0 saturated carbocycles. The minimum atomic E-state index is -2.01. The van der Waals surface area contributed by atoms with Crippen LogP contribution in [0.25, 0.3) is 5.69 Å². The predicted octanol–water partition coefficient (Wildman–Crippen LogP) is 2.43. The highest BCUT2D eigenvalue weighted by molar-refractivity contribution is 5.94. The van der Waals surface area contributed by atoms with E-state index in [0.717, 1.165) is 22.8 Å². The summed E-state index contributed by atoms with van der Waals surface area (Å²) in [5.41, 5.74) is 1.66. The number of tetrazole rings is 1. The molecule has 5 aromatic rings. The number of nitrogens with zero attached hydrogens (tertiary/aromatic N) is 9. The molecule has 0 radical (unpaired) electrons. The standard InChI is InChI=1S/C34H37F2N10O4/c1-22-13-25(14-23(2)32(22)50-31(47)16-37-4)17-42-20-39-43(21-42)18-34(49,29-10-5-26(35)15-30(29)36)24(3)44-11-12-45(33(44)48)27-6-8-28(9-7-27)46-19-38-40-41-46/h5-10,13-15,19-21,24,37,49H,11-12,16-18H2,1-4H3/q+1/t24-,34-/m1/s1. The zero-order valence-corrected chi connectivity index (χ0v) is 28.0. The molecule has 14 nitrogen and oxygen atoms in total. The third kappa shape index (κ3) is 6.93. The van der Waals surface area contributed by atoms with Gasteiger partial charge in [-0.3, -0.25) is 9.69 Å². The van der Waals surface area contributed by atoms with Crippen LogP contribution in [-0.4, -0.2) is 84.7 Å². The van der Waals surface area contributed by atoms with Gasteiger partial charge in [-0.2, -0.15) is 0 Å². The highest BCUT2D eigenvalue weighted by atomic mass is 19.1. The molecule has 0 spiro atoms. The maximum absolute atomic E-state index is 15.4. The summed E-state index contributed by atoms with van der Waals surface area (Å²) in [7, 11) is 1.67. The fourth-order valence-electron chi connectivity index (χ4n) is 6.33. The Morgan fingerprint density at radius 1 is 1.08 bits per heavy atom. The van der Waals surface area contributed by atoms with Crippen LogP contribution in [0.4, 0.5) is 19.3 Å². The first-order valence-corrected chi connectivity index (χ1v) is 15.9. The average molecular weight is 688 g/mol. The van der Waals surface area contributed by atoms with Crippen LogP contribution < -0.4 is 19.5 Å². The summed E-state index contributed by atoms with van der Waals surface area (Å²) in [6.45, 7) is 6.17. The van der Waals surface area contributed by atoms with E-state index < -0.39 is 23.3 Å². The van der Waals surface area contributed by atoms with Gasteiger partial charge < -0.3 is 20.1 Å². The Hall–Kier alpha value is -5.61. The second-order valence-electron chi connectivity index (χ2n) is 12.3. The van der Waals surface area contributed by atoms with Crippen LogP contribution in [0.5, 0.6) is 5.75 Å². The summed E-state index contributed by atoms with van der Waals surface area (Å²) in [5, 5.41) is 30.7. The van der Waals surface area contributed by atoms with Gasteiger partial charge in [-0.15, -0.1) is 9.78 Å². The highest BCUT2D eigenvalue weighted by Gasteiger charge is 2.47. The van der Waals surface area contributed by atoms with Crippen molar-refractivity contribution >= 4 is 17.7 Å². The largest absolute Gasteiger partial charge is 0.425 e. The number of carbonyl (C=O) groups excluding carboxylic acids is 2. The fourth-order valence-corrected chi connectivity index (χ4v) is 6.33. The molecule has 50 heavy (non-hydrogen) atoms. The first kappa shape index (κ1) is 34.3. The quantitative estimate of drug-likeness (QED) is 0.115. The van der Waals surface area contributed by atoms with Crippen molar-refractivity contribution in [1.82, 2.24) is 40.2 Å². The maximum atomic E-state index is 15.4. The summed E-state index contributed by atoms with van der Waals surface area (Å²) in [6, 6.07) is 12.6. The number of likely N-dealkylation sites (N-methyl/N-ethyl adjacent to an activating group) is 1. The number of benzene rings is 3. The molecule has 0 unspecified atom stereocenters. The van der Waals surface area contributed by atoms with Crippen molar-refractivity contribution in [3.05, 3.63) is 107 Å². The van der Waals surface area contributed by atoms with Gasteiger partial charge in [-0.25, -0.2) is 22.8 Å². The molecule has 2 N–H and O–H groups in total. The molecule has 0 bridgehead atoms. The van der Waals surface area contributed by atoms with E-state index in [1.807, 2.05) is 26.0 Å². The number of rotatable bonds is 12. The van der Waals surface area contributed by atoms with Crippen LogP contribution in [0.15, 0.2) is 73.6 Å². The van der Waals surface area contributed by atoms with E-state index in [2.05, 4.69) is 25.9 Å². The summed E-state index contributed by atoms with van der Waals surface area (Å²) in [5.74, 6) is -1.62. The smallest absolute Gasteiger partial charge is 0.325 e. The highest BCUT2D eigenvalue weighted by Crippen LogP contribution is 2.35. The van der Waals surface area contributed by atoms with E-state index in [9.17, 15) is 19.1 Å². The Labute approximate surface area is 286 Å². The summed E-state index contributed by atoms with van der Waals surface area (Å²) < 4.78 is 39.7. The van der Waals surface area contributed by atoms with Crippen LogP contribution >= 0.6 is 0 Å². The Morgan fingerprint density at radius 2 is 1.80 bits per heavy atom. The van der Waals surface area contributed by atoms with Gasteiger partial charge >= 0.3 is 12.0 Å². The number of aromatic nitrogens is 7. The maximum Gasteiger partial charge on any atom is 0.325 e. The van der Waals surface area contributed by atoms with Crippen LogP contribution in [0, 0.1) is 25.5 Å². The number of amides is 2. The number of aliphatic hydroxyl groups is 1. The zero-order chi connectivity index (χ0) is 35.6. The molecule has 1 aliphatic rings. The number of aryl methyl sites for hydroxylation is 2. The zero-order valence-electron chi connectivity index (χ0n) is 28.0.